The second-order valence-electron chi connectivity index (χ2n) is 1.96. The smallest absolute Gasteiger partial charge is 0.131 e. The van der Waals surface area contributed by atoms with Crippen LogP contribution in [0.25, 0.3) is 0 Å². The average molecular weight is 136 g/mol. The highest BCUT2D eigenvalue weighted by atomic mass is 16.3. The zero-order valence-corrected chi connectivity index (χ0v) is 5.92. The van der Waals surface area contributed by atoms with Crippen LogP contribution in [-0.4, -0.2) is 11.2 Å². The third-order valence-corrected chi connectivity index (χ3v) is 1.24. The number of hydrogen-bond donors (Lipinski definition) is 1. The molecule has 0 heterocycles. The van der Waals surface area contributed by atoms with E-state index in [0.29, 0.717) is 5.57 Å². The lowest BCUT2D eigenvalue weighted by Crippen LogP contribution is -2.03. The molecule has 1 atom stereocenters. The van der Waals surface area contributed by atoms with Crippen LogP contribution in [0.4, 0.5) is 0 Å². The highest BCUT2D eigenvalue weighted by Crippen LogP contribution is 2.05. The van der Waals surface area contributed by atoms with Crippen LogP contribution in [0.5, 0.6) is 0 Å². The quantitative estimate of drug-likeness (QED) is 0.540. The Bertz CT molecular complexity index is 211. The van der Waals surface area contributed by atoms with E-state index in [2.05, 4.69) is 0 Å². The van der Waals surface area contributed by atoms with Crippen molar-refractivity contribution in [1.29, 1.82) is 10.5 Å². The van der Waals surface area contributed by atoms with Gasteiger partial charge in [-0.3, -0.25) is 0 Å². The van der Waals surface area contributed by atoms with E-state index in [0.717, 1.165) is 0 Å². The van der Waals surface area contributed by atoms with Crippen LogP contribution < -0.4 is 0 Å². The molecule has 0 saturated carbocycles. The van der Waals surface area contributed by atoms with Gasteiger partial charge >= 0.3 is 0 Å². The standard InChI is InChI=1S/C7H8N2O/c1-5(6(2)10)7(3-8)4-9/h6,10H,1-2H3/t6-/m0/s1. The molecule has 0 unspecified atom stereocenters. The highest BCUT2D eigenvalue weighted by molar-refractivity contribution is 5.40. The largest absolute Gasteiger partial charge is 0.389 e. The van der Waals surface area contributed by atoms with Gasteiger partial charge in [0, 0.05) is 0 Å². The first kappa shape index (κ1) is 8.68. The number of allylic oxidation sites excluding steroid dienone is 1. The fraction of sp³-hybridized carbons (Fsp3) is 0.429. The third-order valence-electron chi connectivity index (χ3n) is 1.24. The molecule has 0 aliphatic carbocycles. The molecular formula is C7H8N2O. The van der Waals surface area contributed by atoms with Crippen molar-refractivity contribution < 1.29 is 5.11 Å². The van der Waals surface area contributed by atoms with Crippen molar-refractivity contribution in [2.75, 3.05) is 0 Å². The van der Waals surface area contributed by atoms with Crippen molar-refractivity contribution in [2.45, 2.75) is 20.0 Å². The summed E-state index contributed by atoms with van der Waals surface area (Å²) in [5.41, 5.74) is 0.417. The fourth-order valence-corrected chi connectivity index (χ4v) is 0.410. The van der Waals surface area contributed by atoms with Gasteiger partial charge in [0.15, 0.2) is 0 Å². The number of nitriles is 2. The number of hydrogen-bond acceptors (Lipinski definition) is 3. The molecule has 0 aliphatic heterocycles. The molecule has 3 heteroatoms. The summed E-state index contributed by atoms with van der Waals surface area (Å²) < 4.78 is 0. The summed E-state index contributed by atoms with van der Waals surface area (Å²) in [6, 6.07) is 3.38. The maximum Gasteiger partial charge on any atom is 0.131 e. The SMILES string of the molecule is CC(=C(C#N)C#N)[C@H](C)O. The lowest BCUT2D eigenvalue weighted by Gasteiger charge is -2.01. The van der Waals surface area contributed by atoms with E-state index in [9.17, 15) is 0 Å². The minimum absolute atomic E-state index is 0.00463. The summed E-state index contributed by atoms with van der Waals surface area (Å²) in [6.45, 7) is 3.08. The molecule has 0 aromatic heterocycles. The van der Waals surface area contributed by atoms with Gasteiger partial charge in [0.05, 0.1) is 6.10 Å². The zero-order valence-electron chi connectivity index (χ0n) is 5.92. The first-order valence-electron chi connectivity index (χ1n) is 2.82. The summed E-state index contributed by atoms with van der Waals surface area (Å²) in [6.07, 6.45) is -0.714. The van der Waals surface area contributed by atoms with E-state index in [-0.39, 0.29) is 5.57 Å². The molecular weight excluding hydrogens is 128 g/mol. The molecule has 0 spiro atoms. The van der Waals surface area contributed by atoms with Crippen molar-refractivity contribution in [2.24, 2.45) is 0 Å². The molecule has 0 aromatic rings. The lowest BCUT2D eigenvalue weighted by molar-refractivity contribution is 0.231. The Kier molecular flexibility index (Phi) is 3.17. The van der Waals surface area contributed by atoms with Gasteiger partial charge < -0.3 is 5.11 Å². The van der Waals surface area contributed by atoms with Gasteiger partial charge in [0.25, 0.3) is 0 Å². The van der Waals surface area contributed by atoms with Crippen LogP contribution in [0.1, 0.15) is 13.8 Å². The predicted octanol–water partition coefficient (Wildman–Crippen LogP) is 0.731. The minimum Gasteiger partial charge on any atom is -0.389 e. The third kappa shape index (κ3) is 1.89. The normalized spacial score (nSPS) is 10.9. The van der Waals surface area contributed by atoms with Gasteiger partial charge in [0.1, 0.15) is 17.7 Å². The Morgan fingerprint density at radius 3 is 1.90 bits per heavy atom. The highest BCUT2D eigenvalue weighted by Gasteiger charge is 2.04. The average Bonchev–Trinajstić information content (AvgIpc) is 1.90. The molecule has 0 aromatic carbocycles. The number of nitrogens with zero attached hydrogens (tertiary/aromatic N) is 2. The van der Waals surface area contributed by atoms with E-state index in [1.165, 1.54) is 6.92 Å². The molecule has 10 heavy (non-hydrogen) atoms. The Hall–Kier alpha value is -1.32. The second kappa shape index (κ2) is 3.66. The van der Waals surface area contributed by atoms with Gasteiger partial charge in [-0.05, 0) is 19.4 Å². The molecule has 1 N–H and O–H groups in total. The van der Waals surface area contributed by atoms with Crippen molar-refractivity contribution in [1.82, 2.24) is 0 Å². The van der Waals surface area contributed by atoms with Crippen LogP contribution in [0.2, 0.25) is 0 Å². The first-order valence-corrected chi connectivity index (χ1v) is 2.82. The molecule has 52 valence electrons. The van der Waals surface area contributed by atoms with Crippen LogP contribution in [0.15, 0.2) is 11.1 Å². The summed E-state index contributed by atoms with van der Waals surface area (Å²) in [5, 5.41) is 25.5. The number of rotatable bonds is 1. The van der Waals surface area contributed by atoms with Crippen LogP contribution in [0, 0.1) is 22.7 Å². The van der Waals surface area contributed by atoms with E-state index < -0.39 is 6.10 Å². The van der Waals surface area contributed by atoms with Crippen molar-refractivity contribution in [3.63, 3.8) is 0 Å². The molecule has 0 saturated heterocycles. The van der Waals surface area contributed by atoms with Crippen LogP contribution in [0.3, 0.4) is 0 Å². The van der Waals surface area contributed by atoms with Gasteiger partial charge in [0.2, 0.25) is 0 Å². The lowest BCUT2D eigenvalue weighted by atomic mass is 10.1. The first-order chi connectivity index (χ1) is 4.63. The Labute approximate surface area is 59.8 Å². The predicted molar refractivity (Wildman–Crippen MR) is 35.6 cm³/mol. The van der Waals surface area contributed by atoms with E-state index in [4.69, 9.17) is 15.6 Å². The monoisotopic (exact) mass is 136 g/mol. The van der Waals surface area contributed by atoms with E-state index in [1.807, 2.05) is 0 Å². The van der Waals surface area contributed by atoms with Crippen molar-refractivity contribution in [3.8, 4) is 12.1 Å². The summed E-state index contributed by atoms with van der Waals surface area (Å²) in [4.78, 5) is 0. The molecule has 0 rings (SSSR count). The van der Waals surface area contributed by atoms with E-state index in [1.54, 1.807) is 19.1 Å². The summed E-state index contributed by atoms with van der Waals surface area (Å²) >= 11 is 0. The molecule has 0 bridgehead atoms. The fourth-order valence-electron chi connectivity index (χ4n) is 0.410. The Morgan fingerprint density at radius 1 is 1.40 bits per heavy atom. The number of aliphatic hydroxyl groups is 1. The molecule has 0 radical (unpaired) electrons. The molecule has 0 aliphatic rings. The summed E-state index contributed by atoms with van der Waals surface area (Å²) in [7, 11) is 0. The Morgan fingerprint density at radius 2 is 1.80 bits per heavy atom. The second-order valence-corrected chi connectivity index (χ2v) is 1.96. The van der Waals surface area contributed by atoms with Crippen molar-refractivity contribution >= 4 is 0 Å². The minimum atomic E-state index is -0.714. The van der Waals surface area contributed by atoms with E-state index >= 15 is 0 Å². The van der Waals surface area contributed by atoms with Gasteiger partial charge in [-0.1, -0.05) is 0 Å². The van der Waals surface area contributed by atoms with Crippen LogP contribution >= 0.6 is 0 Å². The summed E-state index contributed by atoms with van der Waals surface area (Å²) in [5.74, 6) is 0. The molecule has 0 fully saturated rings. The zero-order chi connectivity index (χ0) is 8.15. The maximum absolute atomic E-state index is 8.89. The molecule has 0 amide bonds. The topological polar surface area (TPSA) is 67.8 Å². The number of aliphatic hydroxyl groups excluding tert-OH is 1. The van der Waals surface area contributed by atoms with Gasteiger partial charge in [-0.15, -0.1) is 0 Å². The van der Waals surface area contributed by atoms with Crippen LogP contribution in [-0.2, 0) is 0 Å². The van der Waals surface area contributed by atoms with Crippen molar-refractivity contribution in [3.05, 3.63) is 11.1 Å². The Balaban J connectivity index is 4.70. The molecule has 3 nitrogen and oxygen atoms in total. The maximum atomic E-state index is 8.89. The van der Waals surface area contributed by atoms with Gasteiger partial charge in [-0.2, -0.15) is 10.5 Å². The van der Waals surface area contributed by atoms with Gasteiger partial charge in [-0.25, -0.2) is 0 Å².